The van der Waals surface area contributed by atoms with Crippen LogP contribution in [0.4, 0.5) is 5.69 Å². The second-order valence-corrected chi connectivity index (χ2v) is 6.31. The van der Waals surface area contributed by atoms with Crippen LogP contribution in [-0.4, -0.2) is 17.6 Å². The zero-order valence-electron chi connectivity index (χ0n) is 11.9. The lowest BCUT2D eigenvalue weighted by Crippen LogP contribution is -2.37. The van der Waals surface area contributed by atoms with E-state index < -0.39 is 0 Å². The van der Waals surface area contributed by atoms with Gasteiger partial charge in [-0.05, 0) is 18.1 Å². The predicted octanol–water partition coefficient (Wildman–Crippen LogP) is 3.42. The third-order valence-corrected chi connectivity index (χ3v) is 4.59. The van der Waals surface area contributed by atoms with Crippen LogP contribution in [0, 0.1) is 0 Å². The summed E-state index contributed by atoms with van der Waals surface area (Å²) < 4.78 is 0. The fourth-order valence-electron chi connectivity index (χ4n) is 2.85. The van der Waals surface area contributed by atoms with Gasteiger partial charge in [0.15, 0.2) is 0 Å². The number of benzene rings is 1. The molecule has 1 aromatic carbocycles. The molecule has 1 N–H and O–H groups in total. The number of fused-ring (bicyclic) bond motifs is 1. The quantitative estimate of drug-likeness (QED) is 0.934. The van der Waals surface area contributed by atoms with Crippen molar-refractivity contribution in [3.05, 3.63) is 46.4 Å². The molecule has 106 valence electrons. The van der Waals surface area contributed by atoms with Gasteiger partial charge in [-0.2, -0.15) is 0 Å². The average molecular weight is 287 g/mol. The second-order valence-electron chi connectivity index (χ2n) is 5.34. The van der Waals surface area contributed by atoms with E-state index in [-0.39, 0.29) is 0 Å². The molecule has 0 radical (unpaired) electrons. The molecule has 0 fully saturated rings. The summed E-state index contributed by atoms with van der Waals surface area (Å²) in [6, 6.07) is 9.31. The van der Waals surface area contributed by atoms with Crippen molar-refractivity contribution >= 4 is 17.0 Å². The van der Waals surface area contributed by atoms with E-state index in [1.807, 2.05) is 11.7 Å². The van der Waals surface area contributed by atoms with Crippen LogP contribution < -0.4 is 10.2 Å². The maximum atomic E-state index is 4.20. The van der Waals surface area contributed by atoms with Crippen LogP contribution in [0.25, 0.3) is 0 Å². The minimum Gasteiger partial charge on any atom is -0.365 e. The van der Waals surface area contributed by atoms with Crippen molar-refractivity contribution in [2.45, 2.75) is 38.9 Å². The summed E-state index contributed by atoms with van der Waals surface area (Å²) in [6.07, 6.45) is 4.44. The highest BCUT2D eigenvalue weighted by Crippen LogP contribution is 2.26. The van der Waals surface area contributed by atoms with Crippen LogP contribution in [0.2, 0.25) is 0 Å². The van der Waals surface area contributed by atoms with Crippen LogP contribution in [0.1, 0.15) is 30.2 Å². The molecule has 3 rings (SSSR count). The number of hydrogen-bond acceptors (Lipinski definition) is 4. The summed E-state index contributed by atoms with van der Waals surface area (Å²) in [6.45, 7) is 5.26. The molecule has 0 spiro atoms. The summed E-state index contributed by atoms with van der Waals surface area (Å²) in [5.41, 5.74) is 4.68. The summed E-state index contributed by atoms with van der Waals surface area (Å²) in [5, 5.41) is 3.69. The van der Waals surface area contributed by atoms with E-state index in [1.54, 1.807) is 11.3 Å². The summed E-state index contributed by atoms with van der Waals surface area (Å²) in [4.78, 5) is 8.03. The van der Waals surface area contributed by atoms with Crippen molar-refractivity contribution in [2.24, 2.45) is 0 Å². The summed E-state index contributed by atoms with van der Waals surface area (Å²) >= 11 is 1.74. The maximum absolute atomic E-state index is 4.20. The fraction of sp³-hybridized carbons (Fsp3) is 0.438. The molecule has 4 heteroatoms. The Morgan fingerprint density at radius 3 is 3.10 bits per heavy atom. The van der Waals surface area contributed by atoms with Gasteiger partial charge >= 0.3 is 0 Å². The molecule has 0 bridgehead atoms. The number of anilines is 1. The normalized spacial score (nSPS) is 18.6. The van der Waals surface area contributed by atoms with Gasteiger partial charge in [0.05, 0.1) is 12.1 Å². The number of nitrogens with one attached hydrogen (secondary N) is 1. The second kappa shape index (κ2) is 6.37. The van der Waals surface area contributed by atoms with Crippen molar-refractivity contribution < 1.29 is 0 Å². The van der Waals surface area contributed by atoms with Gasteiger partial charge in [0.25, 0.3) is 0 Å². The highest BCUT2D eigenvalue weighted by Gasteiger charge is 2.21. The first-order valence-corrected chi connectivity index (χ1v) is 8.18. The SMILES string of the molecule is CCCC1CN(Cc2cncs2)c2ccccc2CN1. The van der Waals surface area contributed by atoms with Gasteiger partial charge in [-0.3, -0.25) is 4.98 Å². The van der Waals surface area contributed by atoms with Crippen LogP contribution in [0.15, 0.2) is 36.0 Å². The van der Waals surface area contributed by atoms with E-state index in [0.717, 1.165) is 19.6 Å². The lowest BCUT2D eigenvalue weighted by molar-refractivity contribution is 0.480. The van der Waals surface area contributed by atoms with E-state index in [1.165, 1.54) is 29.0 Å². The Morgan fingerprint density at radius 2 is 2.30 bits per heavy atom. The Morgan fingerprint density at radius 1 is 1.40 bits per heavy atom. The van der Waals surface area contributed by atoms with Gasteiger partial charge in [0, 0.05) is 35.9 Å². The topological polar surface area (TPSA) is 28.2 Å². The highest BCUT2D eigenvalue weighted by molar-refractivity contribution is 7.09. The van der Waals surface area contributed by atoms with Gasteiger partial charge in [-0.1, -0.05) is 31.5 Å². The van der Waals surface area contributed by atoms with Crippen molar-refractivity contribution in [1.82, 2.24) is 10.3 Å². The lowest BCUT2D eigenvalue weighted by atomic mass is 10.1. The molecule has 3 nitrogen and oxygen atoms in total. The Bertz CT molecular complexity index is 538. The first-order chi connectivity index (χ1) is 9.86. The molecular formula is C16H21N3S. The molecule has 1 aliphatic rings. The number of hydrogen-bond donors (Lipinski definition) is 1. The van der Waals surface area contributed by atoms with Gasteiger partial charge in [-0.15, -0.1) is 11.3 Å². The van der Waals surface area contributed by atoms with Gasteiger partial charge < -0.3 is 10.2 Å². The molecule has 2 aromatic rings. The van der Waals surface area contributed by atoms with Crippen molar-refractivity contribution in [3.8, 4) is 0 Å². The molecule has 1 atom stereocenters. The van der Waals surface area contributed by atoms with Crippen LogP contribution in [-0.2, 0) is 13.1 Å². The first kappa shape index (κ1) is 13.6. The van der Waals surface area contributed by atoms with Crippen LogP contribution in [0.5, 0.6) is 0 Å². The molecule has 20 heavy (non-hydrogen) atoms. The molecule has 1 aromatic heterocycles. The van der Waals surface area contributed by atoms with Crippen LogP contribution >= 0.6 is 11.3 Å². The Kier molecular flexibility index (Phi) is 4.33. The maximum Gasteiger partial charge on any atom is 0.0794 e. The molecule has 0 aliphatic carbocycles. The van der Waals surface area contributed by atoms with E-state index in [9.17, 15) is 0 Å². The zero-order chi connectivity index (χ0) is 13.8. The first-order valence-electron chi connectivity index (χ1n) is 7.30. The minimum atomic E-state index is 0.570. The Labute approximate surface area is 124 Å². The molecule has 0 amide bonds. The summed E-state index contributed by atoms with van der Waals surface area (Å²) in [5.74, 6) is 0. The summed E-state index contributed by atoms with van der Waals surface area (Å²) in [7, 11) is 0. The van der Waals surface area contributed by atoms with Gasteiger partial charge in [0.2, 0.25) is 0 Å². The minimum absolute atomic E-state index is 0.570. The van der Waals surface area contributed by atoms with E-state index in [4.69, 9.17) is 0 Å². The zero-order valence-corrected chi connectivity index (χ0v) is 12.7. The number of para-hydroxylation sites is 1. The highest BCUT2D eigenvalue weighted by atomic mass is 32.1. The predicted molar refractivity (Wildman–Crippen MR) is 85.1 cm³/mol. The molecule has 0 saturated carbocycles. The fourth-order valence-corrected chi connectivity index (χ4v) is 3.46. The molecule has 2 heterocycles. The molecular weight excluding hydrogens is 266 g/mol. The van der Waals surface area contributed by atoms with Gasteiger partial charge in [0.1, 0.15) is 0 Å². The molecule has 1 unspecified atom stereocenters. The number of thiazole rings is 1. The van der Waals surface area contributed by atoms with Crippen LogP contribution in [0.3, 0.4) is 0 Å². The van der Waals surface area contributed by atoms with Gasteiger partial charge in [-0.25, -0.2) is 0 Å². The van der Waals surface area contributed by atoms with Crippen molar-refractivity contribution in [2.75, 3.05) is 11.4 Å². The third kappa shape index (κ3) is 3.02. The Balaban J connectivity index is 1.86. The lowest BCUT2D eigenvalue weighted by Gasteiger charge is -2.27. The number of aromatic nitrogens is 1. The standard InChI is InChI=1S/C16H21N3S/c1-2-5-14-10-19(11-15-9-17-12-20-15)16-7-4-3-6-13(16)8-18-14/h3-4,6-7,9,12,14,18H,2,5,8,10-11H2,1H3. The Hall–Kier alpha value is -1.39. The number of nitrogens with zero attached hydrogens (tertiary/aromatic N) is 2. The van der Waals surface area contributed by atoms with E-state index in [2.05, 4.69) is 46.4 Å². The van der Waals surface area contributed by atoms with E-state index >= 15 is 0 Å². The molecule has 0 saturated heterocycles. The van der Waals surface area contributed by atoms with E-state index in [0.29, 0.717) is 6.04 Å². The van der Waals surface area contributed by atoms with Crippen molar-refractivity contribution in [1.29, 1.82) is 0 Å². The van der Waals surface area contributed by atoms with Crippen molar-refractivity contribution in [3.63, 3.8) is 0 Å². The number of rotatable bonds is 4. The average Bonchev–Trinajstić information content (AvgIpc) is 2.91. The molecule has 1 aliphatic heterocycles. The smallest absolute Gasteiger partial charge is 0.0794 e. The third-order valence-electron chi connectivity index (χ3n) is 3.82. The largest absolute Gasteiger partial charge is 0.365 e. The monoisotopic (exact) mass is 287 g/mol.